The summed E-state index contributed by atoms with van der Waals surface area (Å²) in [5.41, 5.74) is 5.86. The van der Waals surface area contributed by atoms with Crippen molar-refractivity contribution in [2.75, 3.05) is 6.54 Å². The van der Waals surface area contributed by atoms with E-state index in [1.807, 2.05) is 19.1 Å². The number of nitrogens with zero attached hydrogens (tertiary/aromatic N) is 1. The average Bonchev–Trinajstić information content (AvgIpc) is 2.53. The molecule has 0 atom stereocenters. The number of hydrogen-bond donors (Lipinski definition) is 0. The smallest absolute Gasteiger partial charge is 0.221 e. The van der Waals surface area contributed by atoms with E-state index in [2.05, 4.69) is 59.7 Å². The Morgan fingerprint density at radius 2 is 1.50 bits per heavy atom. The van der Waals surface area contributed by atoms with Gasteiger partial charge in [-0.2, -0.15) is 0 Å². The Morgan fingerprint density at radius 3 is 1.88 bits per heavy atom. The van der Waals surface area contributed by atoms with Crippen LogP contribution < -0.4 is 0 Å². The second-order valence-corrected chi connectivity index (χ2v) is 15.2. The molecule has 0 amide bonds. The molecule has 1 rings (SSSR count). The first-order chi connectivity index (χ1) is 12.0. The van der Waals surface area contributed by atoms with Crippen molar-refractivity contribution in [2.45, 2.75) is 70.0 Å². The fourth-order valence-corrected chi connectivity index (χ4v) is 10.2. The van der Waals surface area contributed by atoms with E-state index in [9.17, 15) is 8.42 Å². The second-order valence-electron chi connectivity index (χ2n) is 7.77. The third-order valence-corrected chi connectivity index (χ3v) is 13.1. The molecule has 144 valence electrons. The van der Waals surface area contributed by atoms with E-state index in [1.165, 1.54) is 4.31 Å². The Hall–Kier alpha value is -1.51. The molecule has 0 aromatic heterocycles. The van der Waals surface area contributed by atoms with Crippen LogP contribution in [-0.2, 0) is 10.0 Å². The van der Waals surface area contributed by atoms with E-state index in [0.717, 1.165) is 5.56 Å². The Morgan fingerprint density at radius 1 is 1.04 bits per heavy atom. The molecule has 0 spiro atoms. The summed E-state index contributed by atoms with van der Waals surface area (Å²) < 4.78 is 27.4. The lowest BCUT2D eigenvalue weighted by Crippen LogP contribution is -2.44. The minimum Gasteiger partial charge on any atom is -0.221 e. The van der Waals surface area contributed by atoms with Crippen molar-refractivity contribution in [3.05, 3.63) is 42.5 Å². The Balaban J connectivity index is 3.45. The molecular formula is C21H33NO2SSi. The SMILES string of the molecule is C=CCN(C#C[Si](C(C)C)(C(C)C)C(C)C)S(=O)(=O)c1ccc(C)cc1. The largest absolute Gasteiger partial charge is 0.271 e. The normalized spacial score (nSPS) is 12.2. The van der Waals surface area contributed by atoms with Crippen LogP contribution >= 0.6 is 0 Å². The van der Waals surface area contributed by atoms with Crippen LogP contribution in [0.1, 0.15) is 47.1 Å². The van der Waals surface area contributed by atoms with Gasteiger partial charge in [-0.1, -0.05) is 65.3 Å². The maximum atomic E-state index is 13.1. The van der Waals surface area contributed by atoms with E-state index in [0.29, 0.717) is 16.6 Å². The molecule has 0 unspecified atom stereocenters. The van der Waals surface area contributed by atoms with Crippen molar-refractivity contribution in [3.63, 3.8) is 0 Å². The first-order valence-corrected chi connectivity index (χ1v) is 12.9. The maximum absolute atomic E-state index is 13.1. The zero-order valence-electron chi connectivity index (χ0n) is 17.2. The molecule has 1 aromatic carbocycles. The van der Waals surface area contributed by atoms with Crippen LogP contribution in [0.4, 0.5) is 0 Å². The summed E-state index contributed by atoms with van der Waals surface area (Å²) in [7, 11) is -5.68. The predicted molar refractivity (Wildman–Crippen MR) is 114 cm³/mol. The van der Waals surface area contributed by atoms with Gasteiger partial charge in [-0.25, -0.2) is 12.7 Å². The van der Waals surface area contributed by atoms with Crippen molar-refractivity contribution in [1.29, 1.82) is 0 Å². The van der Waals surface area contributed by atoms with Gasteiger partial charge in [0, 0.05) is 6.04 Å². The van der Waals surface area contributed by atoms with Gasteiger partial charge in [-0.3, -0.25) is 0 Å². The molecule has 0 aliphatic carbocycles. The molecule has 0 radical (unpaired) electrons. The zero-order valence-corrected chi connectivity index (χ0v) is 19.0. The van der Waals surface area contributed by atoms with Gasteiger partial charge in [-0.05, 0) is 35.7 Å². The summed E-state index contributed by atoms with van der Waals surface area (Å²) in [6.45, 7) is 19.1. The lowest BCUT2D eigenvalue weighted by atomic mass is 10.2. The van der Waals surface area contributed by atoms with Crippen molar-refractivity contribution in [3.8, 4) is 11.6 Å². The summed E-state index contributed by atoms with van der Waals surface area (Å²) in [6, 6.07) is 9.94. The van der Waals surface area contributed by atoms with Crippen LogP contribution in [0.2, 0.25) is 16.6 Å². The molecule has 5 heteroatoms. The molecule has 1 aromatic rings. The second kappa shape index (κ2) is 8.92. The van der Waals surface area contributed by atoms with Gasteiger partial charge in [0.15, 0.2) is 0 Å². The van der Waals surface area contributed by atoms with Crippen molar-refractivity contribution < 1.29 is 8.42 Å². The Labute approximate surface area is 161 Å². The molecule has 0 saturated heterocycles. The van der Waals surface area contributed by atoms with Crippen molar-refractivity contribution >= 4 is 18.1 Å². The van der Waals surface area contributed by atoms with Crippen molar-refractivity contribution in [2.24, 2.45) is 0 Å². The topological polar surface area (TPSA) is 37.4 Å². The first kappa shape index (κ1) is 22.5. The highest BCUT2D eigenvalue weighted by Gasteiger charge is 2.42. The highest BCUT2D eigenvalue weighted by atomic mass is 32.2. The molecule has 0 N–H and O–H groups in total. The Bertz CT molecular complexity index is 747. The van der Waals surface area contributed by atoms with Crippen LogP contribution in [0.5, 0.6) is 0 Å². The molecule has 0 bridgehead atoms. The molecule has 0 fully saturated rings. The number of hydrogen-bond acceptors (Lipinski definition) is 2. The summed E-state index contributed by atoms with van der Waals surface area (Å²) in [5.74, 6) is 0. The molecule has 0 saturated carbocycles. The van der Waals surface area contributed by atoms with E-state index in [1.54, 1.807) is 18.2 Å². The highest BCUT2D eigenvalue weighted by Crippen LogP contribution is 2.40. The van der Waals surface area contributed by atoms with Gasteiger partial charge in [0.25, 0.3) is 10.0 Å². The predicted octanol–water partition coefficient (Wildman–Crippen LogP) is 5.35. The van der Waals surface area contributed by atoms with Gasteiger partial charge < -0.3 is 0 Å². The van der Waals surface area contributed by atoms with Crippen LogP contribution in [0.3, 0.4) is 0 Å². The monoisotopic (exact) mass is 391 g/mol. The minimum absolute atomic E-state index is 0.183. The van der Waals surface area contributed by atoms with E-state index in [4.69, 9.17) is 0 Å². The number of benzene rings is 1. The Kier molecular flexibility index (Phi) is 7.73. The highest BCUT2D eigenvalue weighted by molar-refractivity contribution is 7.89. The molecule has 0 aliphatic heterocycles. The molecular weight excluding hydrogens is 358 g/mol. The third kappa shape index (κ3) is 4.60. The zero-order chi connectivity index (χ0) is 20.1. The standard InChI is InChI=1S/C21H33NO2SSi/c1-9-14-22(25(23,24)21-12-10-20(8)11-13-21)15-16-26(17(2)3,18(4)5)19(6)7/h9-13,17-19H,1,14H2,2-8H3. The fraction of sp³-hybridized carbons (Fsp3) is 0.524. The van der Waals surface area contributed by atoms with Crippen LogP contribution in [-0.4, -0.2) is 27.3 Å². The van der Waals surface area contributed by atoms with Gasteiger partial charge >= 0.3 is 0 Å². The first-order valence-electron chi connectivity index (χ1n) is 9.23. The third-order valence-electron chi connectivity index (χ3n) is 5.17. The summed E-state index contributed by atoms with van der Waals surface area (Å²) in [5, 5.41) is 0. The van der Waals surface area contributed by atoms with Crippen molar-refractivity contribution in [1.82, 2.24) is 4.31 Å². The lowest BCUT2D eigenvalue weighted by Gasteiger charge is -2.38. The van der Waals surface area contributed by atoms with Crippen LogP contribution in [0.15, 0.2) is 41.8 Å². The molecule has 26 heavy (non-hydrogen) atoms. The quantitative estimate of drug-likeness (QED) is 0.272. The minimum atomic E-state index is -3.67. The summed E-state index contributed by atoms with van der Waals surface area (Å²) in [4.78, 5) is 0.269. The molecule has 3 nitrogen and oxygen atoms in total. The van der Waals surface area contributed by atoms with Crippen LogP contribution in [0, 0.1) is 18.5 Å². The maximum Gasteiger partial charge on any atom is 0.271 e. The van der Waals surface area contributed by atoms with Gasteiger partial charge in [-0.15, -0.1) is 12.1 Å². The molecule has 0 aliphatic rings. The van der Waals surface area contributed by atoms with Gasteiger partial charge in [0.2, 0.25) is 0 Å². The van der Waals surface area contributed by atoms with Gasteiger partial charge in [0.1, 0.15) is 8.07 Å². The average molecular weight is 392 g/mol. The number of sulfonamides is 1. The molecule has 0 heterocycles. The van der Waals surface area contributed by atoms with E-state index < -0.39 is 18.1 Å². The van der Waals surface area contributed by atoms with E-state index >= 15 is 0 Å². The van der Waals surface area contributed by atoms with Crippen LogP contribution in [0.25, 0.3) is 0 Å². The fourth-order valence-electron chi connectivity index (χ4n) is 3.75. The number of aryl methyl sites for hydroxylation is 1. The van der Waals surface area contributed by atoms with E-state index in [-0.39, 0.29) is 11.4 Å². The van der Waals surface area contributed by atoms with Gasteiger partial charge in [0.05, 0.1) is 11.4 Å². The number of rotatable bonds is 7. The summed E-state index contributed by atoms with van der Waals surface area (Å²) in [6.07, 6.45) is 1.59. The summed E-state index contributed by atoms with van der Waals surface area (Å²) >= 11 is 0. The lowest BCUT2D eigenvalue weighted by molar-refractivity contribution is 0.533.